The summed E-state index contributed by atoms with van der Waals surface area (Å²) in [6, 6.07) is -0.660. The Kier molecular flexibility index (Phi) is 5.31. The number of methoxy groups -OCH3 is 1. The monoisotopic (exact) mass is 266 g/mol. The van der Waals surface area contributed by atoms with Gasteiger partial charge in [0.1, 0.15) is 6.04 Å². The second kappa shape index (κ2) is 6.29. The van der Waals surface area contributed by atoms with Crippen LogP contribution >= 0.6 is 0 Å². The van der Waals surface area contributed by atoms with Crippen molar-refractivity contribution >= 4 is 15.9 Å². The van der Waals surface area contributed by atoms with Gasteiger partial charge in [-0.3, -0.25) is 9.63 Å². The molecule has 1 heterocycles. The van der Waals surface area contributed by atoms with E-state index < -0.39 is 22.0 Å². The summed E-state index contributed by atoms with van der Waals surface area (Å²) in [7, 11) is -1.82. The number of carbonyl (C=O) groups excluding carboxylic acids is 1. The number of nitrogens with zero attached hydrogens (tertiary/aromatic N) is 1. The van der Waals surface area contributed by atoms with E-state index in [9.17, 15) is 13.2 Å². The van der Waals surface area contributed by atoms with Crippen molar-refractivity contribution in [2.75, 3.05) is 33.1 Å². The predicted molar refractivity (Wildman–Crippen MR) is 60.5 cm³/mol. The fourth-order valence-electron chi connectivity index (χ4n) is 1.71. The predicted octanol–water partition coefficient (Wildman–Crippen LogP) is -0.895. The van der Waals surface area contributed by atoms with Crippen LogP contribution in [0.5, 0.6) is 0 Å². The average Bonchev–Trinajstić information content (AvgIpc) is 2.72. The molecular formula is C9H18N2O5S. The lowest BCUT2D eigenvalue weighted by Gasteiger charge is -2.20. The Hall–Kier alpha value is -0.700. The van der Waals surface area contributed by atoms with Crippen molar-refractivity contribution in [1.82, 2.24) is 9.79 Å². The van der Waals surface area contributed by atoms with Crippen LogP contribution in [-0.2, 0) is 24.4 Å². The summed E-state index contributed by atoms with van der Waals surface area (Å²) >= 11 is 0. The van der Waals surface area contributed by atoms with Gasteiger partial charge in [0.25, 0.3) is 5.91 Å². The maximum Gasteiger partial charge on any atom is 0.261 e. The highest BCUT2D eigenvalue weighted by Gasteiger charge is 2.36. The first-order valence-electron chi connectivity index (χ1n) is 5.34. The summed E-state index contributed by atoms with van der Waals surface area (Å²) in [6.45, 7) is 0.976. The molecule has 100 valence electrons. The summed E-state index contributed by atoms with van der Waals surface area (Å²) in [5.41, 5.74) is 2.24. The summed E-state index contributed by atoms with van der Waals surface area (Å²) in [4.78, 5) is 16.5. The van der Waals surface area contributed by atoms with E-state index in [1.54, 1.807) is 0 Å². The molecule has 0 aliphatic carbocycles. The number of hydrogen-bond donors (Lipinski definition) is 1. The molecule has 17 heavy (non-hydrogen) atoms. The lowest BCUT2D eigenvalue weighted by Crippen LogP contribution is -2.45. The summed E-state index contributed by atoms with van der Waals surface area (Å²) in [5.74, 6) is -0.427. The van der Waals surface area contributed by atoms with Crippen LogP contribution in [0.1, 0.15) is 12.8 Å². The van der Waals surface area contributed by atoms with Gasteiger partial charge in [0.15, 0.2) is 0 Å². The van der Waals surface area contributed by atoms with Gasteiger partial charge >= 0.3 is 0 Å². The van der Waals surface area contributed by atoms with Crippen molar-refractivity contribution < 1.29 is 22.8 Å². The Labute approximate surface area is 101 Å². The van der Waals surface area contributed by atoms with Crippen LogP contribution < -0.4 is 5.48 Å². The molecule has 1 atom stereocenters. The maximum atomic E-state index is 11.7. The van der Waals surface area contributed by atoms with Gasteiger partial charge in [0.2, 0.25) is 10.0 Å². The number of hydroxylamine groups is 1. The summed E-state index contributed by atoms with van der Waals surface area (Å²) < 4.78 is 28.8. The van der Waals surface area contributed by atoms with Gasteiger partial charge in [0.05, 0.1) is 19.5 Å². The van der Waals surface area contributed by atoms with E-state index >= 15 is 0 Å². The van der Waals surface area contributed by atoms with E-state index in [-0.39, 0.29) is 6.61 Å². The normalized spacial score (nSPS) is 21.6. The number of hydrogen-bond acceptors (Lipinski definition) is 5. The van der Waals surface area contributed by atoms with Crippen molar-refractivity contribution in [2.45, 2.75) is 18.9 Å². The quantitative estimate of drug-likeness (QED) is 0.498. The minimum Gasteiger partial charge on any atom is -0.382 e. The first kappa shape index (κ1) is 14.4. The number of amides is 1. The largest absolute Gasteiger partial charge is 0.382 e. The van der Waals surface area contributed by atoms with Crippen molar-refractivity contribution in [2.24, 2.45) is 0 Å². The number of sulfonamides is 1. The Bertz CT molecular complexity index is 356. The van der Waals surface area contributed by atoms with Gasteiger partial charge in [-0.15, -0.1) is 0 Å². The Morgan fingerprint density at radius 1 is 1.47 bits per heavy atom. The molecule has 1 aliphatic heterocycles. The first-order valence-corrected chi connectivity index (χ1v) is 7.19. The summed E-state index contributed by atoms with van der Waals surface area (Å²) in [5, 5.41) is 0. The zero-order chi connectivity index (χ0) is 12.9. The third-order valence-corrected chi connectivity index (χ3v) is 3.78. The maximum absolute atomic E-state index is 11.7. The molecule has 1 fully saturated rings. The zero-order valence-corrected chi connectivity index (χ0v) is 10.8. The second-order valence-electron chi connectivity index (χ2n) is 3.84. The SMILES string of the molecule is COCCONC(=O)C1CCCN1S(C)(=O)=O. The van der Waals surface area contributed by atoms with Gasteiger partial charge in [0, 0.05) is 13.7 Å². The van der Waals surface area contributed by atoms with Gasteiger partial charge in [-0.1, -0.05) is 0 Å². The molecule has 1 amide bonds. The standard InChI is InChI=1S/C9H18N2O5S/c1-15-6-7-16-10-9(12)8-4-3-5-11(8)17(2,13)14/h8H,3-7H2,1-2H3,(H,10,12). The first-order chi connectivity index (χ1) is 7.96. The lowest BCUT2D eigenvalue weighted by atomic mass is 10.2. The minimum atomic E-state index is -3.34. The van der Waals surface area contributed by atoms with Crippen LogP contribution in [0.25, 0.3) is 0 Å². The molecule has 0 aromatic carbocycles. The van der Waals surface area contributed by atoms with Crippen molar-refractivity contribution in [3.63, 3.8) is 0 Å². The number of rotatable bonds is 6. The highest BCUT2D eigenvalue weighted by Crippen LogP contribution is 2.20. The topological polar surface area (TPSA) is 84.9 Å². The van der Waals surface area contributed by atoms with Crippen molar-refractivity contribution in [1.29, 1.82) is 0 Å². The van der Waals surface area contributed by atoms with Crippen molar-refractivity contribution in [3.05, 3.63) is 0 Å². The number of ether oxygens (including phenoxy) is 1. The van der Waals surface area contributed by atoms with Crippen LogP contribution in [-0.4, -0.2) is 57.8 Å². The van der Waals surface area contributed by atoms with Gasteiger partial charge in [-0.2, -0.15) is 4.31 Å². The molecule has 1 rings (SSSR count). The average molecular weight is 266 g/mol. The molecule has 0 aromatic heterocycles. The Morgan fingerprint density at radius 2 is 2.18 bits per heavy atom. The molecule has 0 bridgehead atoms. The second-order valence-corrected chi connectivity index (χ2v) is 5.77. The van der Waals surface area contributed by atoms with E-state index in [0.717, 1.165) is 6.26 Å². The molecule has 0 radical (unpaired) electrons. The zero-order valence-electron chi connectivity index (χ0n) is 10.0. The summed E-state index contributed by atoms with van der Waals surface area (Å²) in [6.07, 6.45) is 2.31. The molecule has 8 heteroatoms. The molecular weight excluding hydrogens is 248 g/mol. The highest BCUT2D eigenvalue weighted by molar-refractivity contribution is 7.88. The molecule has 0 spiro atoms. The van der Waals surface area contributed by atoms with Gasteiger partial charge in [-0.25, -0.2) is 13.9 Å². The number of carbonyl (C=O) groups is 1. The Balaban J connectivity index is 2.45. The molecule has 0 aromatic rings. The molecule has 1 saturated heterocycles. The van der Waals surface area contributed by atoms with E-state index in [4.69, 9.17) is 9.57 Å². The number of nitrogens with one attached hydrogen (secondary N) is 1. The van der Waals surface area contributed by atoms with Crippen molar-refractivity contribution in [3.8, 4) is 0 Å². The van der Waals surface area contributed by atoms with Crippen LogP contribution in [0, 0.1) is 0 Å². The van der Waals surface area contributed by atoms with Gasteiger partial charge < -0.3 is 4.74 Å². The van der Waals surface area contributed by atoms with Crippen LogP contribution in [0.3, 0.4) is 0 Å². The highest BCUT2D eigenvalue weighted by atomic mass is 32.2. The van der Waals surface area contributed by atoms with E-state index in [2.05, 4.69) is 5.48 Å². The van der Waals surface area contributed by atoms with Crippen LogP contribution in [0.2, 0.25) is 0 Å². The molecule has 1 unspecified atom stereocenters. The third kappa shape index (κ3) is 4.23. The van der Waals surface area contributed by atoms with Crippen LogP contribution in [0.4, 0.5) is 0 Å². The molecule has 7 nitrogen and oxygen atoms in total. The molecule has 1 aliphatic rings. The smallest absolute Gasteiger partial charge is 0.261 e. The third-order valence-electron chi connectivity index (χ3n) is 2.49. The lowest BCUT2D eigenvalue weighted by molar-refractivity contribution is -0.137. The fourth-order valence-corrected chi connectivity index (χ4v) is 2.84. The molecule has 1 N–H and O–H groups in total. The van der Waals surface area contributed by atoms with Crippen LogP contribution in [0.15, 0.2) is 0 Å². The van der Waals surface area contributed by atoms with E-state index in [1.807, 2.05) is 0 Å². The van der Waals surface area contributed by atoms with E-state index in [0.29, 0.717) is 26.0 Å². The Morgan fingerprint density at radius 3 is 2.76 bits per heavy atom. The fraction of sp³-hybridized carbons (Fsp3) is 0.889. The molecule has 0 saturated carbocycles. The van der Waals surface area contributed by atoms with E-state index in [1.165, 1.54) is 11.4 Å². The minimum absolute atomic E-state index is 0.230. The van der Waals surface area contributed by atoms with Gasteiger partial charge in [-0.05, 0) is 12.8 Å².